The normalized spacial score (nSPS) is 14.1. The Balaban J connectivity index is 2.13. The van der Waals surface area contributed by atoms with E-state index in [4.69, 9.17) is 4.74 Å². The first-order chi connectivity index (χ1) is 14.9. The molecule has 7 heteroatoms. The van der Waals surface area contributed by atoms with Gasteiger partial charge in [0.1, 0.15) is 0 Å². The third kappa shape index (κ3) is 8.91. The topological polar surface area (TPSA) is 82.0 Å². The number of aliphatic hydroxyl groups is 2. The highest BCUT2D eigenvalue weighted by atomic mass is 32.2. The van der Waals surface area contributed by atoms with Gasteiger partial charge in [-0.15, -0.1) is 0 Å². The molecule has 0 aromatic heterocycles. The van der Waals surface area contributed by atoms with Gasteiger partial charge in [-0.2, -0.15) is 0 Å². The van der Waals surface area contributed by atoms with Crippen molar-refractivity contribution in [1.29, 1.82) is 0 Å². The van der Waals surface area contributed by atoms with Gasteiger partial charge in [0.25, 0.3) is 0 Å². The van der Waals surface area contributed by atoms with Crippen LogP contribution in [0.5, 0.6) is 0 Å². The largest absolute Gasteiger partial charge is 0.453 e. The number of alkyl carbamates (subject to hydrolysis) is 1. The van der Waals surface area contributed by atoms with E-state index in [9.17, 15) is 15.0 Å². The Morgan fingerprint density at radius 3 is 2.35 bits per heavy atom. The maximum Gasteiger partial charge on any atom is 0.407 e. The summed E-state index contributed by atoms with van der Waals surface area (Å²) in [5.74, 6) is 0.456. The van der Waals surface area contributed by atoms with Crippen molar-refractivity contribution in [2.24, 2.45) is 5.92 Å². The molecule has 170 valence electrons. The van der Waals surface area contributed by atoms with Crippen molar-refractivity contribution in [2.75, 3.05) is 20.2 Å². The quantitative estimate of drug-likeness (QED) is 0.430. The van der Waals surface area contributed by atoms with Crippen LogP contribution < -0.4 is 5.32 Å². The first kappa shape index (κ1) is 25.2. The monoisotopic (exact) mass is 446 g/mol. The fourth-order valence-electron chi connectivity index (χ4n) is 3.13. The van der Waals surface area contributed by atoms with Crippen LogP contribution in [-0.4, -0.2) is 53.0 Å². The van der Waals surface area contributed by atoms with Crippen LogP contribution in [0.4, 0.5) is 4.79 Å². The molecule has 3 unspecified atom stereocenters. The maximum atomic E-state index is 11.9. The smallest absolute Gasteiger partial charge is 0.407 e. The fourth-order valence-corrected chi connectivity index (χ4v) is 4.24. The first-order valence-electron chi connectivity index (χ1n) is 10.6. The molecular weight excluding hydrogens is 412 g/mol. The summed E-state index contributed by atoms with van der Waals surface area (Å²) in [4.78, 5) is 12.9. The van der Waals surface area contributed by atoms with Gasteiger partial charge >= 0.3 is 6.09 Å². The molecule has 3 N–H and O–H groups in total. The third-order valence-corrected chi connectivity index (χ3v) is 6.23. The zero-order valence-corrected chi connectivity index (χ0v) is 19.3. The minimum atomic E-state index is -0.785. The van der Waals surface area contributed by atoms with Gasteiger partial charge in [0.15, 0.2) is 0 Å². The standard InChI is InChI=1S/C24H34N2O4S/c1-4-18(2)15-26(31-21-12-10-20(17-27)11-13-21)16-23(28)22(25-24(29)30-3)14-19-8-6-5-7-9-19/h5-13,18,22-23,27-28H,4,14-17H2,1-3H3,(H,25,29). The number of aliphatic hydroxyl groups excluding tert-OH is 2. The van der Waals surface area contributed by atoms with Gasteiger partial charge in [-0.1, -0.05) is 62.7 Å². The molecule has 0 saturated heterocycles. The second kappa shape index (κ2) is 13.4. The Bertz CT molecular complexity index is 773. The molecule has 2 aromatic rings. The Morgan fingerprint density at radius 1 is 1.10 bits per heavy atom. The number of nitrogens with zero attached hydrogens (tertiary/aromatic N) is 1. The number of benzene rings is 2. The molecular formula is C24H34N2O4S. The third-order valence-electron chi connectivity index (χ3n) is 5.19. The van der Waals surface area contributed by atoms with Gasteiger partial charge in [-0.05, 0) is 47.5 Å². The predicted molar refractivity (Wildman–Crippen MR) is 125 cm³/mol. The Hall–Kier alpha value is -2.06. The van der Waals surface area contributed by atoms with Gasteiger partial charge in [0, 0.05) is 18.0 Å². The van der Waals surface area contributed by atoms with Crippen LogP contribution in [0.25, 0.3) is 0 Å². The molecule has 0 bridgehead atoms. The Labute approximate surface area is 189 Å². The fraction of sp³-hybridized carbons (Fsp3) is 0.458. The lowest BCUT2D eigenvalue weighted by atomic mass is 10.0. The van der Waals surface area contributed by atoms with Crippen molar-refractivity contribution in [3.05, 3.63) is 65.7 Å². The lowest BCUT2D eigenvalue weighted by Gasteiger charge is -2.30. The molecule has 0 radical (unpaired) electrons. The zero-order chi connectivity index (χ0) is 22.6. The van der Waals surface area contributed by atoms with Crippen LogP contribution in [0.2, 0.25) is 0 Å². The average Bonchev–Trinajstić information content (AvgIpc) is 2.79. The molecule has 2 aromatic carbocycles. The van der Waals surface area contributed by atoms with Crippen LogP contribution in [0.3, 0.4) is 0 Å². The molecule has 0 aliphatic carbocycles. The summed E-state index contributed by atoms with van der Waals surface area (Å²) in [5, 5.41) is 23.1. The van der Waals surface area contributed by atoms with Crippen LogP contribution in [0.1, 0.15) is 31.4 Å². The van der Waals surface area contributed by atoms with Crippen molar-refractivity contribution in [3.63, 3.8) is 0 Å². The van der Waals surface area contributed by atoms with Crippen molar-refractivity contribution in [3.8, 4) is 0 Å². The molecule has 0 aliphatic rings. The van der Waals surface area contributed by atoms with E-state index in [0.717, 1.165) is 29.0 Å². The Kier molecular flexibility index (Phi) is 10.9. The molecule has 3 atom stereocenters. The lowest BCUT2D eigenvalue weighted by Crippen LogP contribution is -2.49. The van der Waals surface area contributed by atoms with E-state index in [1.165, 1.54) is 7.11 Å². The summed E-state index contributed by atoms with van der Waals surface area (Å²) in [6.07, 6.45) is 0.197. The molecule has 2 rings (SSSR count). The van der Waals surface area contributed by atoms with Gasteiger partial charge in [-0.25, -0.2) is 9.10 Å². The van der Waals surface area contributed by atoms with Crippen molar-refractivity contribution in [2.45, 2.75) is 50.3 Å². The number of amides is 1. The van der Waals surface area contributed by atoms with Crippen LogP contribution in [0.15, 0.2) is 59.5 Å². The molecule has 6 nitrogen and oxygen atoms in total. The SMILES string of the molecule is CCC(C)CN(CC(O)C(Cc1ccccc1)NC(=O)OC)Sc1ccc(CO)cc1. The molecule has 0 aliphatic heterocycles. The summed E-state index contributed by atoms with van der Waals surface area (Å²) >= 11 is 1.58. The molecule has 0 fully saturated rings. The van der Waals surface area contributed by atoms with Gasteiger partial charge in [-0.3, -0.25) is 0 Å². The zero-order valence-electron chi connectivity index (χ0n) is 18.5. The van der Waals surface area contributed by atoms with Crippen LogP contribution in [-0.2, 0) is 17.8 Å². The summed E-state index contributed by atoms with van der Waals surface area (Å²) in [5.41, 5.74) is 1.90. The van der Waals surface area contributed by atoms with E-state index in [-0.39, 0.29) is 6.61 Å². The number of hydrogen-bond donors (Lipinski definition) is 3. The van der Waals surface area contributed by atoms with E-state index in [0.29, 0.717) is 18.9 Å². The molecule has 0 saturated carbocycles. The second-order valence-electron chi connectivity index (χ2n) is 7.75. The lowest BCUT2D eigenvalue weighted by molar-refractivity contribution is 0.0963. The van der Waals surface area contributed by atoms with Gasteiger partial charge in [0.05, 0.1) is 25.9 Å². The van der Waals surface area contributed by atoms with Crippen molar-refractivity contribution in [1.82, 2.24) is 9.62 Å². The van der Waals surface area contributed by atoms with E-state index in [1.54, 1.807) is 11.9 Å². The van der Waals surface area contributed by atoms with Crippen LogP contribution in [0, 0.1) is 5.92 Å². The molecule has 31 heavy (non-hydrogen) atoms. The number of rotatable bonds is 12. The van der Waals surface area contributed by atoms with E-state index < -0.39 is 18.2 Å². The molecule has 0 spiro atoms. The van der Waals surface area contributed by atoms with Gasteiger partial charge < -0.3 is 20.3 Å². The minimum Gasteiger partial charge on any atom is -0.453 e. The average molecular weight is 447 g/mol. The number of ether oxygens (including phenoxy) is 1. The summed E-state index contributed by atoms with van der Waals surface area (Å²) < 4.78 is 6.92. The number of nitrogens with one attached hydrogen (secondary N) is 1. The summed E-state index contributed by atoms with van der Waals surface area (Å²) in [6.45, 7) is 5.54. The first-order valence-corrected chi connectivity index (χ1v) is 11.4. The number of methoxy groups -OCH3 is 1. The highest BCUT2D eigenvalue weighted by Crippen LogP contribution is 2.25. The highest BCUT2D eigenvalue weighted by Gasteiger charge is 2.25. The minimum absolute atomic E-state index is 0.0145. The van der Waals surface area contributed by atoms with Crippen molar-refractivity contribution >= 4 is 18.0 Å². The van der Waals surface area contributed by atoms with E-state index in [2.05, 4.69) is 23.5 Å². The number of carbonyl (C=O) groups excluding carboxylic acids is 1. The summed E-state index contributed by atoms with van der Waals surface area (Å²) in [7, 11) is 1.32. The van der Waals surface area contributed by atoms with E-state index >= 15 is 0 Å². The molecule has 1 amide bonds. The predicted octanol–water partition coefficient (Wildman–Crippen LogP) is 3.86. The van der Waals surface area contributed by atoms with Gasteiger partial charge in [0.2, 0.25) is 0 Å². The summed E-state index contributed by atoms with van der Waals surface area (Å²) in [6, 6.07) is 17.0. The number of hydrogen-bond acceptors (Lipinski definition) is 6. The second-order valence-corrected chi connectivity index (χ2v) is 8.92. The maximum absolute atomic E-state index is 11.9. The number of carbonyl (C=O) groups is 1. The molecule has 0 heterocycles. The van der Waals surface area contributed by atoms with Crippen molar-refractivity contribution < 1.29 is 19.7 Å². The van der Waals surface area contributed by atoms with E-state index in [1.807, 2.05) is 54.6 Å². The van der Waals surface area contributed by atoms with Crippen LogP contribution >= 0.6 is 11.9 Å². The highest BCUT2D eigenvalue weighted by molar-refractivity contribution is 7.97. The Morgan fingerprint density at radius 2 is 1.77 bits per heavy atom.